The van der Waals surface area contributed by atoms with Crippen molar-refractivity contribution in [2.45, 2.75) is 13.8 Å². The first-order valence-corrected chi connectivity index (χ1v) is 6.13. The molecule has 0 aliphatic heterocycles. The number of hydrogen-bond acceptors (Lipinski definition) is 3. The largest absolute Gasteiger partial charge is 0.359 e. The topological polar surface area (TPSA) is 29.0 Å². The van der Waals surface area contributed by atoms with Gasteiger partial charge < -0.3 is 4.90 Å². The summed E-state index contributed by atoms with van der Waals surface area (Å²) in [6.45, 7) is 4.86. The molecule has 17 heavy (non-hydrogen) atoms. The van der Waals surface area contributed by atoms with Gasteiger partial charge in [-0.25, -0.2) is 4.98 Å². The van der Waals surface area contributed by atoms with Crippen LogP contribution in [0.3, 0.4) is 0 Å². The van der Waals surface area contributed by atoms with Crippen LogP contribution in [0.5, 0.6) is 0 Å². The predicted octanol–water partition coefficient (Wildman–Crippen LogP) is 3.70. The van der Waals surface area contributed by atoms with Crippen LogP contribution in [0.25, 0.3) is 10.9 Å². The lowest BCUT2D eigenvalue weighted by Crippen LogP contribution is -2.18. The summed E-state index contributed by atoms with van der Waals surface area (Å²) in [4.78, 5) is 10.5. The van der Waals surface area contributed by atoms with E-state index in [1.54, 1.807) is 0 Å². The molecular weight excluding hydrogens is 257 g/mol. The average Bonchev–Trinajstić information content (AvgIpc) is 2.32. The van der Waals surface area contributed by atoms with E-state index in [1.807, 2.05) is 37.9 Å². The zero-order valence-corrected chi connectivity index (χ0v) is 11.5. The van der Waals surface area contributed by atoms with Gasteiger partial charge in [0, 0.05) is 13.6 Å². The predicted molar refractivity (Wildman–Crippen MR) is 73.2 cm³/mol. The average molecular weight is 270 g/mol. The maximum absolute atomic E-state index is 6.24. The number of anilines is 1. The van der Waals surface area contributed by atoms with E-state index in [-0.39, 0.29) is 5.28 Å². The minimum Gasteiger partial charge on any atom is -0.359 e. The van der Waals surface area contributed by atoms with Crippen LogP contribution < -0.4 is 4.90 Å². The van der Waals surface area contributed by atoms with Crippen molar-refractivity contribution in [3.63, 3.8) is 0 Å². The fourth-order valence-corrected chi connectivity index (χ4v) is 2.12. The summed E-state index contributed by atoms with van der Waals surface area (Å²) in [6, 6.07) is 3.80. The lowest BCUT2D eigenvalue weighted by atomic mass is 10.1. The summed E-state index contributed by atoms with van der Waals surface area (Å²) in [5, 5.41) is 1.76. The van der Waals surface area contributed by atoms with Crippen LogP contribution >= 0.6 is 23.2 Å². The Labute approximate surface area is 110 Å². The lowest BCUT2D eigenvalue weighted by molar-refractivity contribution is 0.940. The van der Waals surface area contributed by atoms with Crippen molar-refractivity contribution in [1.29, 1.82) is 0 Å². The molecule has 0 fully saturated rings. The van der Waals surface area contributed by atoms with Crippen LogP contribution in [0.15, 0.2) is 12.1 Å². The SMILES string of the molecule is CCN(C)c1nc(Cl)nc2c(C)ccc(Cl)c12. The number of halogens is 2. The summed E-state index contributed by atoms with van der Waals surface area (Å²) in [5.74, 6) is 0.774. The summed E-state index contributed by atoms with van der Waals surface area (Å²) in [5.41, 5.74) is 1.85. The third-order valence-corrected chi connectivity index (χ3v) is 3.27. The first-order valence-electron chi connectivity index (χ1n) is 5.38. The Balaban J connectivity index is 2.87. The second-order valence-corrected chi connectivity index (χ2v) is 4.66. The maximum atomic E-state index is 6.24. The third-order valence-electron chi connectivity index (χ3n) is 2.79. The molecule has 1 aromatic carbocycles. The van der Waals surface area contributed by atoms with E-state index in [9.17, 15) is 0 Å². The molecule has 2 aromatic rings. The molecule has 0 atom stereocenters. The highest BCUT2D eigenvalue weighted by molar-refractivity contribution is 6.37. The number of hydrogen-bond donors (Lipinski definition) is 0. The molecule has 0 unspecified atom stereocenters. The van der Waals surface area contributed by atoms with Crippen molar-refractivity contribution in [3.8, 4) is 0 Å². The standard InChI is InChI=1S/C12H13Cl2N3/c1-4-17(3)11-9-8(13)6-5-7(2)10(9)15-12(14)16-11/h5-6H,4H2,1-3H3. The van der Waals surface area contributed by atoms with E-state index < -0.39 is 0 Å². The van der Waals surface area contributed by atoms with E-state index in [0.717, 1.165) is 28.8 Å². The Hall–Kier alpha value is -1.06. The fraction of sp³-hybridized carbons (Fsp3) is 0.333. The molecule has 0 saturated heterocycles. The van der Waals surface area contributed by atoms with Crippen molar-refractivity contribution in [2.24, 2.45) is 0 Å². The Bertz CT molecular complexity index is 569. The van der Waals surface area contributed by atoms with E-state index >= 15 is 0 Å². The summed E-state index contributed by atoms with van der Waals surface area (Å²) < 4.78 is 0. The first-order chi connectivity index (χ1) is 8.04. The minimum atomic E-state index is 0.248. The van der Waals surface area contributed by atoms with Gasteiger partial charge in [-0.05, 0) is 37.1 Å². The Morgan fingerprint density at radius 3 is 2.59 bits per heavy atom. The molecule has 0 spiro atoms. The number of aromatic nitrogens is 2. The highest BCUT2D eigenvalue weighted by Gasteiger charge is 2.14. The van der Waals surface area contributed by atoms with Crippen LogP contribution in [-0.4, -0.2) is 23.6 Å². The van der Waals surface area contributed by atoms with Crippen LogP contribution in [0.4, 0.5) is 5.82 Å². The van der Waals surface area contributed by atoms with E-state index in [1.165, 1.54) is 0 Å². The van der Waals surface area contributed by atoms with Gasteiger partial charge in [0.1, 0.15) is 5.82 Å². The third kappa shape index (κ3) is 2.17. The van der Waals surface area contributed by atoms with E-state index in [4.69, 9.17) is 23.2 Å². The normalized spacial score (nSPS) is 10.9. The van der Waals surface area contributed by atoms with Gasteiger partial charge in [-0.2, -0.15) is 4.98 Å². The Kier molecular flexibility index (Phi) is 3.40. The van der Waals surface area contributed by atoms with Gasteiger partial charge in [-0.1, -0.05) is 17.7 Å². The van der Waals surface area contributed by atoms with Gasteiger partial charge in [-0.15, -0.1) is 0 Å². The van der Waals surface area contributed by atoms with Gasteiger partial charge >= 0.3 is 0 Å². The van der Waals surface area contributed by atoms with Crippen molar-refractivity contribution >= 4 is 39.9 Å². The molecule has 1 heterocycles. The zero-order chi connectivity index (χ0) is 12.6. The fourth-order valence-electron chi connectivity index (χ4n) is 1.71. The molecule has 1 aromatic heterocycles. The highest BCUT2D eigenvalue weighted by Crippen LogP contribution is 2.32. The molecule has 0 bridgehead atoms. The van der Waals surface area contributed by atoms with Gasteiger partial charge in [0.05, 0.1) is 15.9 Å². The van der Waals surface area contributed by atoms with Crippen molar-refractivity contribution in [2.75, 3.05) is 18.5 Å². The molecule has 0 aliphatic rings. The number of fused-ring (bicyclic) bond motifs is 1. The van der Waals surface area contributed by atoms with Crippen molar-refractivity contribution in [3.05, 3.63) is 28.0 Å². The molecule has 0 aliphatic carbocycles. The van der Waals surface area contributed by atoms with Crippen LogP contribution in [0, 0.1) is 6.92 Å². The Morgan fingerprint density at radius 1 is 1.24 bits per heavy atom. The second kappa shape index (κ2) is 4.67. The molecule has 5 heteroatoms. The first kappa shape index (κ1) is 12.4. The highest BCUT2D eigenvalue weighted by atomic mass is 35.5. The smallest absolute Gasteiger partial charge is 0.224 e. The van der Waals surface area contributed by atoms with Gasteiger partial charge in [0.15, 0.2) is 0 Å². The molecule has 2 rings (SSSR count). The molecule has 0 amide bonds. The Morgan fingerprint density at radius 2 is 1.94 bits per heavy atom. The molecular formula is C12H13Cl2N3. The van der Waals surface area contributed by atoms with Crippen molar-refractivity contribution < 1.29 is 0 Å². The van der Waals surface area contributed by atoms with Crippen LogP contribution in [0.1, 0.15) is 12.5 Å². The number of benzene rings is 1. The summed E-state index contributed by atoms with van der Waals surface area (Å²) >= 11 is 12.2. The summed E-state index contributed by atoms with van der Waals surface area (Å²) in [6.07, 6.45) is 0. The van der Waals surface area contributed by atoms with Crippen molar-refractivity contribution in [1.82, 2.24) is 9.97 Å². The van der Waals surface area contributed by atoms with Gasteiger partial charge in [0.2, 0.25) is 5.28 Å². The maximum Gasteiger partial charge on any atom is 0.224 e. The van der Waals surface area contributed by atoms with Gasteiger partial charge in [-0.3, -0.25) is 0 Å². The number of rotatable bonds is 2. The molecule has 0 radical (unpaired) electrons. The second-order valence-electron chi connectivity index (χ2n) is 3.92. The molecule has 90 valence electrons. The summed E-state index contributed by atoms with van der Waals surface area (Å²) in [7, 11) is 1.96. The van der Waals surface area contributed by atoms with Crippen LogP contribution in [0.2, 0.25) is 10.3 Å². The van der Waals surface area contributed by atoms with Gasteiger partial charge in [0.25, 0.3) is 0 Å². The molecule has 0 saturated carbocycles. The molecule has 0 N–H and O–H groups in total. The monoisotopic (exact) mass is 269 g/mol. The number of nitrogens with zero attached hydrogens (tertiary/aromatic N) is 3. The lowest BCUT2D eigenvalue weighted by Gasteiger charge is -2.18. The number of aryl methyl sites for hydroxylation is 1. The van der Waals surface area contributed by atoms with E-state index in [0.29, 0.717) is 5.02 Å². The quantitative estimate of drug-likeness (QED) is 0.779. The zero-order valence-electron chi connectivity index (χ0n) is 9.96. The molecule has 3 nitrogen and oxygen atoms in total. The van der Waals surface area contributed by atoms with Crippen LogP contribution in [-0.2, 0) is 0 Å². The van der Waals surface area contributed by atoms with E-state index in [2.05, 4.69) is 9.97 Å². The minimum absolute atomic E-state index is 0.248.